The molecule has 2 aliphatic rings. The van der Waals surface area contributed by atoms with Gasteiger partial charge in [0.1, 0.15) is 0 Å². The van der Waals surface area contributed by atoms with Crippen molar-refractivity contribution in [2.45, 2.75) is 31.9 Å². The van der Waals surface area contributed by atoms with Gasteiger partial charge >= 0.3 is 0 Å². The smallest absolute Gasteiger partial charge is 0.257 e. The van der Waals surface area contributed by atoms with E-state index < -0.39 is 6.10 Å². The average molecular weight is 427 g/mol. The summed E-state index contributed by atoms with van der Waals surface area (Å²) in [7, 11) is 4.38. The molecule has 29 heavy (non-hydrogen) atoms. The Hall–Kier alpha value is -2.19. The van der Waals surface area contributed by atoms with Gasteiger partial charge in [-0.2, -0.15) is 0 Å². The first-order chi connectivity index (χ1) is 13.8. The van der Waals surface area contributed by atoms with Gasteiger partial charge in [0.15, 0.2) is 11.5 Å². The molecule has 160 valence electrons. The zero-order chi connectivity index (χ0) is 21.3. The van der Waals surface area contributed by atoms with Gasteiger partial charge in [-0.15, -0.1) is 0 Å². The predicted molar refractivity (Wildman–Crippen MR) is 107 cm³/mol. The number of rotatable bonds is 5. The summed E-state index contributed by atoms with van der Waals surface area (Å²) < 4.78 is 16.1. The van der Waals surface area contributed by atoms with E-state index in [9.17, 15) is 14.7 Å². The molecule has 4 atom stereocenters. The third-order valence-electron chi connectivity index (χ3n) is 5.81. The zero-order valence-electron chi connectivity index (χ0n) is 17.0. The monoisotopic (exact) mass is 426 g/mol. The van der Waals surface area contributed by atoms with E-state index in [4.69, 9.17) is 25.8 Å². The van der Waals surface area contributed by atoms with Crippen molar-refractivity contribution in [3.63, 3.8) is 0 Å². The summed E-state index contributed by atoms with van der Waals surface area (Å²) in [5.41, 5.74) is 0.299. The fraction of sp³-hybridized carbons (Fsp3) is 0.600. The Morgan fingerprint density at radius 1 is 1.07 bits per heavy atom. The van der Waals surface area contributed by atoms with Crippen molar-refractivity contribution in [2.24, 2.45) is 11.8 Å². The molecule has 1 aromatic carbocycles. The van der Waals surface area contributed by atoms with Crippen LogP contribution in [0.25, 0.3) is 0 Å². The molecule has 1 saturated carbocycles. The number of likely N-dealkylation sites (tertiary alicyclic amines) is 1. The summed E-state index contributed by atoms with van der Waals surface area (Å²) in [6.07, 6.45) is 0.572. The maximum absolute atomic E-state index is 13.3. The van der Waals surface area contributed by atoms with Crippen molar-refractivity contribution in [2.75, 3.05) is 34.4 Å². The Morgan fingerprint density at radius 2 is 1.66 bits per heavy atom. The second kappa shape index (κ2) is 8.67. The average Bonchev–Trinajstić information content (AvgIpc) is 3.08. The number of aliphatic hydroxyl groups is 1. The number of aliphatic hydroxyl groups excluding tert-OH is 1. The van der Waals surface area contributed by atoms with E-state index in [1.165, 1.54) is 34.3 Å². The van der Waals surface area contributed by atoms with E-state index in [0.29, 0.717) is 37.2 Å². The summed E-state index contributed by atoms with van der Waals surface area (Å²) in [5, 5.41) is 13.4. The largest absolute Gasteiger partial charge is 0.492 e. The van der Waals surface area contributed by atoms with Crippen molar-refractivity contribution >= 4 is 23.4 Å². The van der Waals surface area contributed by atoms with Crippen LogP contribution >= 0.6 is 11.6 Å². The van der Waals surface area contributed by atoms with Crippen LogP contribution in [0.4, 0.5) is 0 Å². The van der Waals surface area contributed by atoms with Crippen molar-refractivity contribution in [1.29, 1.82) is 0 Å². The molecule has 9 heteroatoms. The number of halogens is 1. The van der Waals surface area contributed by atoms with Gasteiger partial charge in [0, 0.05) is 20.0 Å². The molecule has 0 radical (unpaired) electrons. The number of fused-ring (bicyclic) bond motifs is 1. The van der Waals surface area contributed by atoms with E-state index in [2.05, 4.69) is 5.32 Å². The molecule has 3 rings (SSSR count). The highest BCUT2D eigenvalue weighted by molar-refractivity contribution is 6.33. The second-order valence-corrected chi connectivity index (χ2v) is 7.99. The Kier molecular flexibility index (Phi) is 6.43. The molecule has 2 N–H and O–H groups in total. The standard InChI is InChI=1S/C20H27ClN2O6/c1-10(24)22-15-5-11-8-23(9-12(11)6-16(15)25)20(26)13-7-14(21)18(28-3)19(29-4)17(13)27-2/h7,11-12,15-16,25H,5-6,8-9H2,1-4H3,(H,22,24)/t11-,12+,15-,16-/m1/s1. The number of methoxy groups -OCH3 is 3. The van der Waals surface area contributed by atoms with Gasteiger partial charge in [0.2, 0.25) is 11.7 Å². The molecule has 0 unspecified atom stereocenters. The highest BCUT2D eigenvalue weighted by Gasteiger charge is 2.44. The lowest BCUT2D eigenvalue weighted by molar-refractivity contribution is -0.121. The number of carbonyl (C=O) groups excluding carboxylic acids is 2. The number of benzene rings is 1. The van der Waals surface area contributed by atoms with E-state index in [0.717, 1.165) is 0 Å². The van der Waals surface area contributed by atoms with Crippen LogP contribution in [0.3, 0.4) is 0 Å². The molecule has 2 fully saturated rings. The molecular formula is C20H27ClN2O6. The van der Waals surface area contributed by atoms with E-state index in [1.54, 1.807) is 4.90 Å². The SMILES string of the molecule is COc1c(Cl)cc(C(=O)N2C[C@H]3C[C@@H](NC(C)=O)[C@H](O)C[C@H]3C2)c(OC)c1OC. The van der Waals surface area contributed by atoms with Crippen LogP contribution in [-0.4, -0.2) is 68.4 Å². The van der Waals surface area contributed by atoms with Gasteiger partial charge in [-0.3, -0.25) is 9.59 Å². The number of carbonyl (C=O) groups is 2. The van der Waals surface area contributed by atoms with Crippen molar-refractivity contribution in [3.8, 4) is 17.2 Å². The van der Waals surface area contributed by atoms with Crippen LogP contribution in [0.5, 0.6) is 17.2 Å². The first-order valence-corrected chi connectivity index (χ1v) is 9.91. The number of hydrogen-bond donors (Lipinski definition) is 2. The lowest BCUT2D eigenvalue weighted by Crippen LogP contribution is -2.48. The predicted octanol–water partition coefficient (Wildman–Crippen LogP) is 1.71. The molecule has 0 aromatic heterocycles. The highest BCUT2D eigenvalue weighted by Crippen LogP contribution is 2.46. The number of nitrogens with one attached hydrogen (secondary N) is 1. The van der Waals surface area contributed by atoms with Crippen LogP contribution in [0, 0.1) is 11.8 Å². The molecule has 2 amide bonds. The first-order valence-electron chi connectivity index (χ1n) is 9.53. The topological polar surface area (TPSA) is 97.3 Å². The van der Waals surface area contributed by atoms with Gasteiger partial charge in [0.25, 0.3) is 5.91 Å². The third kappa shape index (κ3) is 4.09. The molecule has 1 saturated heterocycles. The quantitative estimate of drug-likeness (QED) is 0.744. The van der Waals surface area contributed by atoms with E-state index in [1.807, 2.05) is 0 Å². The lowest BCUT2D eigenvalue weighted by atomic mass is 9.77. The molecule has 0 bridgehead atoms. The minimum Gasteiger partial charge on any atom is -0.492 e. The number of nitrogens with zero attached hydrogens (tertiary/aromatic N) is 1. The summed E-state index contributed by atoms with van der Waals surface area (Å²) in [5.74, 6) is 0.849. The van der Waals surface area contributed by atoms with Crippen LogP contribution in [-0.2, 0) is 4.79 Å². The van der Waals surface area contributed by atoms with Crippen molar-refractivity contribution in [1.82, 2.24) is 10.2 Å². The zero-order valence-corrected chi connectivity index (χ0v) is 17.8. The van der Waals surface area contributed by atoms with E-state index in [-0.39, 0.29) is 46.2 Å². The van der Waals surface area contributed by atoms with Crippen LogP contribution in [0.15, 0.2) is 6.07 Å². The van der Waals surface area contributed by atoms with E-state index >= 15 is 0 Å². The van der Waals surface area contributed by atoms with Crippen LogP contribution < -0.4 is 19.5 Å². The molecule has 0 spiro atoms. The Balaban J connectivity index is 1.84. The normalized spacial score (nSPS) is 25.9. The minimum atomic E-state index is -0.611. The first kappa shape index (κ1) is 21.5. The summed E-state index contributed by atoms with van der Waals surface area (Å²) in [6, 6.07) is 1.25. The fourth-order valence-electron chi connectivity index (χ4n) is 4.51. The Labute approximate surface area is 175 Å². The summed E-state index contributed by atoms with van der Waals surface area (Å²) in [6.45, 7) is 2.51. The van der Waals surface area contributed by atoms with Crippen molar-refractivity contribution < 1.29 is 28.9 Å². The molecule has 1 aliphatic heterocycles. The van der Waals surface area contributed by atoms with Gasteiger partial charge in [-0.05, 0) is 30.7 Å². The second-order valence-electron chi connectivity index (χ2n) is 7.58. The van der Waals surface area contributed by atoms with Gasteiger partial charge in [-0.25, -0.2) is 0 Å². The number of hydrogen-bond acceptors (Lipinski definition) is 6. The maximum atomic E-state index is 13.3. The maximum Gasteiger partial charge on any atom is 0.257 e. The van der Waals surface area contributed by atoms with Gasteiger partial charge < -0.3 is 29.5 Å². The van der Waals surface area contributed by atoms with Crippen LogP contribution in [0.1, 0.15) is 30.1 Å². The lowest BCUT2D eigenvalue weighted by Gasteiger charge is -2.35. The third-order valence-corrected chi connectivity index (χ3v) is 6.09. The number of ether oxygens (including phenoxy) is 3. The summed E-state index contributed by atoms with van der Waals surface area (Å²) in [4.78, 5) is 26.4. The fourth-order valence-corrected chi connectivity index (χ4v) is 4.78. The van der Waals surface area contributed by atoms with Crippen LogP contribution in [0.2, 0.25) is 5.02 Å². The molecule has 1 heterocycles. The molecule has 8 nitrogen and oxygen atoms in total. The van der Waals surface area contributed by atoms with Crippen molar-refractivity contribution in [3.05, 3.63) is 16.7 Å². The molecule has 1 aliphatic carbocycles. The highest BCUT2D eigenvalue weighted by atomic mass is 35.5. The number of amides is 2. The summed E-state index contributed by atoms with van der Waals surface area (Å²) >= 11 is 6.30. The minimum absolute atomic E-state index is 0.164. The Morgan fingerprint density at radius 3 is 2.21 bits per heavy atom. The Bertz CT molecular complexity index is 802. The molecule has 1 aromatic rings. The van der Waals surface area contributed by atoms with Gasteiger partial charge in [0.05, 0.1) is 44.1 Å². The molecular weight excluding hydrogens is 400 g/mol. The van der Waals surface area contributed by atoms with Gasteiger partial charge in [-0.1, -0.05) is 11.6 Å².